The van der Waals surface area contributed by atoms with Crippen LogP contribution in [0, 0.1) is 5.92 Å². The Balaban J connectivity index is 1.53. The van der Waals surface area contributed by atoms with Gasteiger partial charge in [0.2, 0.25) is 5.91 Å². The summed E-state index contributed by atoms with van der Waals surface area (Å²) in [6, 6.07) is 30.6. The summed E-state index contributed by atoms with van der Waals surface area (Å²) in [5.74, 6) is 0.581. The van der Waals surface area contributed by atoms with E-state index in [9.17, 15) is 4.79 Å². The molecule has 0 heterocycles. The fraction of sp³-hybridized carbons (Fsp3) is 0.174. The molecule has 0 radical (unpaired) electrons. The molecule has 1 fully saturated rings. The Hall–Kier alpha value is -2.87. The second-order valence-electron chi connectivity index (χ2n) is 6.62. The lowest BCUT2D eigenvalue weighted by Crippen LogP contribution is -2.30. The van der Waals surface area contributed by atoms with Crippen molar-refractivity contribution < 1.29 is 4.79 Å². The van der Waals surface area contributed by atoms with E-state index in [0.717, 1.165) is 17.5 Å². The number of amides is 1. The van der Waals surface area contributed by atoms with Crippen LogP contribution in [0.25, 0.3) is 0 Å². The van der Waals surface area contributed by atoms with Gasteiger partial charge in [-0.05, 0) is 29.0 Å². The third-order valence-corrected chi connectivity index (χ3v) is 4.91. The second-order valence-corrected chi connectivity index (χ2v) is 6.62. The maximum Gasteiger partial charge on any atom is 0.224 e. The standard InChI is InChI=1S/C23H21NO/c25-23(21-16-20(21)17-10-4-1-5-11-17)24-22(18-12-6-2-7-13-18)19-14-8-3-9-15-19/h1-15,20-22H,16H2,(H,24,25)/t20-,21+/m0/s1. The number of benzene rings is 3. The Morgan fingerprint density at radius 3 is 1.76 bits per heavy atom. The smallest absolute Gasteiger partial charge is 0.224 e. The first-order chi connectivity index (χ1) is 12.3. The molecule has 1 aliphatic carbocycles. The highest BCUT2D eigenvalue weighted by Crippen LogP contribution is 2.47. The summed E-state index contributed by atoms with van der Waals surface area (Å²) in [7, 11) is 0. The highest BCUT2D eigenvalue weighted by atomic mass is 16.2. The molecular weight excluding hydrogens is 306 g/mol. The molecule has 0 aromatic heterocycles. The van der Waals surface area contributed by atoms with Crippen LogP contribution >= 0.6 is 0 Å². The van der Waals surface area contributed by atoms with Crippen molar-refractivity contribution in [1.82, 2.24) is 5.32 Å². The minimum Gasteiger partial charge on any atom is -0.345 e. The Labute approximate surface area is 148 Å². The molecule has 0 bridgehead atoms. The van der Waals surface area contributed by atoms with Gasteiger partial charge < -0.3 is 5.32 Å². The maximum absolute atomic E-state index is 12.8. The molecule has 0 saturated heterocycles. The van der Waals surface area contributed by atoms with Crippen LogP contribution in [0.15, 0.2) is 91.0 Å². The van der Waals surface area contributed by atoms with Crippen molar-refractivity contribution in [2.45, 2.75) is 18.4 Å². The summed E-state index contributed by atoms with van der Waals surface area (Å²) in [5.41, 5.74) is 3.48. The molecule has 1 saturated carbocycles. The molecule has 1 amide bonds. The van der Waals surface area contributed by atoms with Crippen molar-refractivity contribution in [2.75, 3.05) is 0 Å². The summed E-state index contributed by atoms with van der Waals surface area (Å²) in [6.45, 7) is 0. The molecule has 0 aliphatic heterocycles. The van der Waals surface area contributed by atoms with Crippen LogP contribution in [-0.4, -0.2) is 5.91 Å². The SMILES string of the molecule is O=C(NC(c1ccccc1)c1ccccc1)[C@@H]1C[C@H]1c1ccccc1. The van der Waals surface area contributed by atoms with Crippen molar-refractivity contribution in [1.29, 1.82) is 0 Å². The van der Waals surface area contributed by atoms with Crippen LogP contribution < -0.4 is 5.32 Å². The topological polar surface area (TPSA) is 29.1 Å². The first kappa shape index (κ1) is 15.6. The van der Waals surface area contributed by atoms with Crippen LogP contribution in [-0.2, 0) is 4.79 Å². The number of carbonyl (C=O) groups is 1. The van der Waals surface area contributed by atoms with E-state index < -0.39 is 0 Å². The molecule has 2 heteroatoms. The van der Waals surface area contributed by atoms with Gasteiger partial charge in [-0.15, -0.1) is 0 Å². The quantitative estimate of drug-likeness (QED) is 0.723. The molecule has 0 spiro atoms. The zero-order valence-electron chi connectivity index (χ0n) is 14.0. The number of carbonyl (C=O) groups excluding carboxylic acids is 1. The summed E-state index contributed by atoms with van der Waals surface area (Å²) in [6.07, 6.45) is 0.937. The van der Waals surface area contributed by atoms with E-state index in [4.69, 9.17) is 0 Å². The normalized spacial score (nSPS) is 18.8. The fourth-order valence-corrected chi connectivity index (χ4v) is 3.45. The van der Waals surface area contributed by atoms with Crippen LogP contribution in [0.4, 0.5) is 0 Å². The van der Waals surface area contributed by atoms with Gasteiger partial charge in [0, 0.05) is 5.92 Å². The summed E-state index contributed by atoms with van der Waals surface area (Å²) in [5, 5.41) is 3.27. The van der Waals surface area contributed by atoms with Gasteiger partial charge in [0.15, 0.2) is 0 Å². The third-order valence-electron chi connectivity index (χ3n) is 4.91. The average Bonchev–Trinajstić information content (AvgIpc) is 3.49. The van der Waals surface area contributed by atoms with Gasteiger partial charge in [-0.25, -0.2) is 0 Å². The number of rotatable bonds is 5. The van der Waals surface area contributed by atoms with E-state index in [2.05, 4.69) is 41.7 Å². The Kier molecular flexibility index (Phi) is 4.34. The van der Waals surface area contributed by atoms with Crippen molar-refractivity contribution in [3.8, 4) is 0 Å². The lowest BCUT2D eigenvalue weighted by atomic mass is 9.98. The zero-order valence-corrected chi connectivity index (χ0v) is 14.0. The molecule has 2 atom stereocenters. The molecule has 2 nitrogen and oxygen atoms in total. The van der Waals surface area contributed by atoms with Gasteiger partial charge in [-0.3, -0.25) is 4.79 Å². The summed E-state index contributed by atoms with van der Waals surface area (Å²) >= 11 is 0. The number of nitrogens with one attached hydrogen (secondary N) is 1. The van der Waals surface area contributed by atoms with Gasteiger partial charge in [0.05, 0.1) is 6.04 Å². The van der Waals surface area contributed by atoms with Crippen LogP contribution in [0.1, 0.15) is 35.1 Å². The van der Waals surface area contributed by atoms with Gasteiger partial charge in [-0.1, -0.05) is 91.0 Å². The predicted octanol–water partition coefficient (Wildman–Crippen LogP) is 4.70. The Morgan fingerprint density at radius 2 is 1.24 bits per heavy atom. The molecule has 1 N–H and O–H groups in total. The summed E-state index contributed by atoms with van der Waals surface area (Å²) < 4.78 is 0. The van der Waals surface area contributed by atoms with E-state index in [-0.39, 0.29) is 17.9 Å². The van der Waals surface area contributed by atoms with E-state index in [0.29, 0.717) is 5.92 Å². The van der Waals surface area contributed by atoms with Gasteiger partial charge >= 0.3 is 0 Å². The van der Waals surface area contributed by atoms with E-state index in [1.54, 1.807) is 0 Å². The van der Waals surface area contributed by atoms with Crippen molar-refractivity contribution in [2.24, 2.45) is 5.92 Å². The monoisotopic (exact) mass is 327 g/mol. The highest BCUT2D eigenvalue weighted by Gasteiger charge is 2.44. The van der Waals surface area contributed by atoms with Crippen molar-refractivity contribution in [3.05, 3.63) is 108 Å². The van der Waals surface area contributed by atoms with Gasteiger partial charge in [0.1, 0.15) is 0 Å². The minimum atomic E-state index is -0.105. The number of hydrogen-bond donors (Lipinski definition) is 1. The van der Waals surface area contributed by atoms with Crippen LogP contribution in [0.2, 0.25) is 0 Å². The molecule has 3 aromatic carbocycles. The summed E-state index contributed by atoms with van der Waals surface area (Å²) in [4.78, 5) is 12.8. The van der Waals surface area contributed by atoms with E-state index in [1.165, 1.54) is 5.56 Å². The fourth-order valence-electron chi connectivity index (χ4n) is 3.45. The van der Waals surface area contributed by atoms with E-state index >= 15 is 0 Å². The third kappa shape index (κ3) is 3.48. The highest BCUT2D eigenvalue weighted by molar-refractivity contribution is 5.83. The first-order valence-electron chi connectivity index (χ1n) is 8.78. The maximum atomic E-state index is 12.8. The lowest BCUT2D eigenvalue weighted by Gasteiger charge is -2.20. The van der Waals surface area contributed by atoms with Crippen molar-refractivity contribution in [3.63, 3.8) is 0 Å². The van der Waals surface area contributed by atoms with Crippen LogP contribution in [0.3, 0.4) is 0 Å². The Morgan fingerprint density at radius 1 is 0.760 bits per heavy atom. The van der Waals surface area contributed by atoms with E-state index in [1.807, 2.05) is 54.6 Å². The molecule has 1 aliphatic rings. The van der Waals surface area contributed by atoms with Crippen molar-refractivity contribution >= 4 is 5.91 Å². The lowest BCUT2D eigenvalue weighted by molar-refractivity contribution is -0.122. The van der Waals surface area contributed by atoms with Crippen LogP contribution in [0.5, 0.6) is 0 Å². The first-order valence-corrected chi connectivity index (χ1v) is 8.78. The predicted molar refractivity (Wildman–Crippen MR) is 100 cm³/mol. The molecule has 0 unspecified atom stereocenters. The molecule has 25 heavy (non-hydrogen) atoms. The molecule has 3 aromatic rings. The minimum absolute atomic E-state index is 0.0809. The second kappa shape index (κ2) is 6.94. The zero-order chi connectivity index (χ0) is 17.1. The molecule has 124 valence electrons. The van der Waals surface area contributed by atoms with Gasteiger partial charge in [0.25, 0.3) is 0 Å². The average molecular weight is 327 g/mol. The van der Waals surface area contributed by atoms with Gasteiger partial charge in [-0.2, -0.15) is 0 Å². The number of hydrogen-bond acceptors (Lipinski definition) is 1. The Bertz CT molecular complexity index is 790. The largest absolute Gasteiger partial charge is 0.345 e. The molecular formula is C23H21NO. The molecule has 4 rings (SSSR count).